The number of hydrogen-bond donors (Lipinski definition) is 1. The molecule has 1 saturated heterocycles. The minimum atomic E-state index is -4.22. The Balaban J connectivity index is 1.92. The Morgan fingerprint density at radius 2 is 1.70 bits per heavy atom. The molecule has 1 fully saturated rings. The molecule has 1 heterocycles. The van der Waals surface area contributed by atoms with E-state index in [1.165, 1.54) is 4.13 Å². The van der Waals surface area contributed by atoms with E-state index in [1.54, 1.807) is 0 Å². The Hall–Kier alpha value is -0.260. The van der Waals surface area contributed by atoms with Gasteiger partial charge in [-0.05, 0) is 12.8 Å². The maximum absolute atomic E-state index is 11.1. The summed E-state index contributed by atoms with van der Waals surface area (Å²) >= 11 is 0. The topological polar surface area (TPSA) is 111 Å². The fourth-order valence-electron chi connectivity index (χ4n) is 1.42. The highest BCUT2D eigenvalue weighted by Crippen LogP contribution is 2.09. The summed E-state index contributed by atoms with van der Waals surface area (Å²) in [4.78, 5) is 0. The average Bonchev–Trinajstić information content (AvgIpc) is 3.07. The van der Waals surface area contributed by atoms with Gasteiger partial charge in [0.25, 0.3) is 0 Å². The molecule has 20 heavy (non-hydrogen) atoms. The van der Waals surface area contributed by atoms with Gasteiger partial charge < -0.3 is 9.47 Å². The first kappa shape index (κ1) is 17.8. The van der Waals surface area contributed by atoms with E-state index in [1.807, 2.05) is 0 Å². The third-order valence-corrected chi connectivity index (χ3v) is 4.89. The van der Waals surface area contributed by atoms with Gasteiger partial charge in [-0.3, -0.25) is 4.18 Å². The highest BCUT2D eigenvalue weighted by atomic mass is 32.3. The van der Waals surface area contributed by atoms with Crippen molar-refractivity contribution in [2.24, 2.45) is 0 Å². The van der Waals surface area contributed by atoms with Crippen LogP contribution in [-0.4, -0.2) is 55.6 Å². The van der Waals surface area contributed by atoms with Gasteiger partial charge >= 0.3 is 10.3 Å². The molecule has 1 atom stereocenters. The normalized spacial score (nSPS) is 19.1. The summed E-state index contributed by atoms with van der Waals surface area (Å²) in [6.45, 7) is 2.04. The molecule has 1 unspecified atom stereocenters. The van der Waals surface area contributed by atoms with E-state index in [9.17, 15) is 16.8 Å². The van der Waals surface area contributed by atoms with E-state index in [0.717, 1.165) is 32.1 Å². The maximum Gasteiger partial charge on any atom is 0.349 e. The van der Waals surface area contributed by atoms with Crippen LogP contribution in [0.25, 0.3) is 0 Å². The van der Waals surface area contributed by atoms with Crippen LogP contribution in [0.2, 0.25) is 0 Å². The monoisotopic (exact) mass is 331 g/mol. The van der Waals surface area contributed by atoms with Crippen molar-refractivity contribution in [1.29, 1.82) is 0 Å². The van der Waals surface area contributed by atoms with Crippen LogP contribution in [-0.2, 0) is 34.0 Å². The second-order valence-electron chi connectivity index (χ2n) is 4.58. The minimum absolute atomic E-state index is 0.0401. The molecule has 0 amide bonds. The number of rotatable bonds is 12. The second-order valence-corrected chi connectivity index (χ2v) is 7.93. The minimum Gasteiger partial charge on any atom is -0.379 e. The molecule has 8 nitrogen and oxygen atoms in total. The first-order valence-corrected chi connectivity index (χ1v) is 9.66. The SMILES string of the molecule is CS(=O)(=O)NS(=O)(=O)OCCCCCCOCC1CO1. The molecule has 0 radical (unpaired) electrons. The van der Waals surface area contributed by atoms with Gasteiger partial charge in [-0.15, -0.1) is 0 Å². The van der Waals surface area contributed by atoms with Crippen molar-refractivity contribution in [3.63, 3.8) is 0 Å². The summed E-state index contributed by atoms with van der Waals surface area (Å²) < 4.78 is 60.0. The van der Waals surface area contributed by atoms with Crippen LogP contribution in [0, 0.1) is 0 Å². The van der Waals surface area contributed by atoms with Gasteiger partial charge in [0.2, 0.25) is 10.0 Å². The standard InChI is InChI=1S/C10H21NO7S2/c1-19(12,13)11-20(14,15)18-7-5-3-2-4-6-16-8-10-9-17-10/h10-11H,2-9H2,1H3. The lowest BCUT2D eigenvalue weighted by Gasteiger charge is -2.05. The Morgan fingerprint density at radius 3 is 2.25 bits per heavy atom. The first-order valence-electron chi connectivity index (χ1n) is 6.36. The lowest BCUT2D eigenvalue weighted by molar-refractivity contribution is 0.112. The zero-order valence-electron chi connectivity index (χ0n) is 11.4. The Morgan fingerprint density at radius 1 is 1.10 bits per heavy atom. The third-order valence-electron chi connectivity index (χ3n) is 2.38. The van der Waals surface area contributed by atoms with Crippen molar-refractivity contribution >= 4 is 20.3 Å². The van der Waals surface area contributed by atoms with Gasteiger partial charge in [0, 0.05) is 6.61 Å². The van der Waals surface area contributed by atoms with Gasteiger partial charge in [0.15, 0.2) is 0 Å². The summed E-state index contributed by atoms with van der Waals surface area (Å²) in [7, 11) is -8.05. The number of epoxide rings is 1. The Labute approximate surface area is 120 Å². The van der Waals surface area contributed by atoms with Crippen LogP contribution >= 0.6 is 0 Å². The van der Waals surface area contributed by atoms with Crippen LogP contribution in [0.3, 0.4) is 0 Å². The lowest BCUT2D eigenvalue weighted by atomic mass is 10.2. The van der Waals surface area contributed by atoms with Crippen molar-refractivity contribution in [3.05, 3.63) is 0 Å². The average molecular weight is 331 g/mol. The Bertz CT molecular complexity index is 470. The molecule has 10 heteroatoms. The van der Waals surface area contributed by atoms with Crippen molar-refractivity contribution in [2.75, 3.05) is 32.7 Å². The second kappa shape index (κ2) is 8.25. The van der Waals surface area contributed by atoms with Gasteiger partial charge in [-0.25, -0.2) is 8.42 Å². The molecule has 1 aliphatic rings. The van der Waals surface area contributed by atoms with Gasteiger partial charge in [0.1, 0.15) is 6.10 Å². The summed E-state index contributed by atoms with van der Waals surface area (Å²) in [6, 6.07) is 0. The predicted octanol–water partition coefficient (Wildman–Crippen LogP) is -0.227. The van der Waals surface area contributed by atoms with Crippen molar-refractivity contribution in [3.8, 4) is 0 Å². The summed E-state index contributed by atoms with van der Waals surface area (Å²) in [6.07, 6.45) is 4.14. The molecule has 1 aliphatic heterocycles. The van der Waals surface area contributed by atoms with E-state index in [0.29, 0.717) is 19.6 Å². The zero-order valence-corrected chi connectivity index (χ0v) is 13.0. The first-order chi connectivity index (χ1) is 9.29. The van der Waals surface area contributed by atoms with Gasteiger partial charge in [-0.1, -0.05) is 17.0 Å². The van der Waals surface area contributed by atoms with E-state index < -0.39 is 20.3 Å². The maximum atomic E-state index is 11.1. The van der Waals surface area contributed by atoms with E-state index in [-0.39, 0.29) is 12.7 Å². The molecule has 0 aromatic rings. The van der Waals surface area contributed by atoms with Crippen LogP contribution in [0.4, 0.5) is 0 Å². The molecule has 0 bridgehead atoms. The summed E-state index contributed by atoms with van der Waals surface area (Å²) in [5.74, 6) is 0. The van der Waals surface area contributed by atoms with Crippen LogP contribution in [0.15, 0.2) is 0 Å². The molecular formula is C10H21NO7S2. The molecule has 120 valence electrons. The number of unbranched alkanes of at least 4 members (excludes halogenated alkanes) is 3. The number of ether oxygens (including phenoxy) is 2. The highest BCUT2D eigenvalue weighted by Gasteiger charge is 2.21. The molecule has 0 spiro atoms. The van der Waals surface area contributed by atoms with Crippen LogP contribution in [0.5, 0.6) is 0 Å². The molecular weight excluding hydrogens is 310 g/mol. The van der Waals surface area contributed by atoms with Gasteiger partial charge in [-0.2, -0.15) is 8.42 Å². The number of hydrogen-bond acceptors (Lipinski definition) is 7. The molecule has 0 aromatic heterocycles. The fraction of sp³-hybridized carbons (Fsp3) is 1.00. The lowest BCUT2D eigenvalue weighted by Crippen LogP contribution is -2.31. The molecule has 1 N–H and O–H groups in total. The highest BCUT2D eigenvalue weighted by molar-refractivity contribution is 8.02. The largest absolute Gasteiger partial charge is 0.379 e. The predicted molar refractivity (Wildman–Crippen MR) is 71.9 cm³/mol. The fourth-order valence-corrected chi connectivity index (χ4v) is 3.43. The quantitative estimate of drug-likeness (QED) is 0.388. The number of nitrogens with one attached hydrogen (secondary N) is 1. The van der Waals surface area contributed by atoms with Crippen molar-refractivity contribution in [1.82, 2.24) is 4.13 Å². The molecule has 0 aromatic carbocycles. The third kappa shape index (κ3) is 10.5. The van der Waals surface area contributed by atoms with Crippen LogP contribution < -0.4 is 4.13 Å². The van der Waals surface area contributed by atoms with Crippen molar-refractivity contribution in [2.45, 2.75) is 31.8 Å². The molecule has 0 aliphatic carbocycles. The van der Waals surface area contributed by atoms with Crippen molar-refractivity contribution < 1.29 is 30.5 Å². The van der Waals surface area contributed by atoms with Crippen LogP contribution in [0.1, 0.15) is 25.7 Å². The molecule has 1 rings (SSSR count). The van der Waals surface area contributed by atoms with Gasteiger partial charge in [0.05, 0.1) is 26.1 Å². The van der Waals surface area contributed by atoms with E-state index in [4.69, 9.17) is 9.47 Å². The zero-order chi connectivity index (χ0) is 15.1. The number of sulfonamides is 1. The van der Waals surface area contributed by atoms with E-state index in [2.05, 4.69) is 4.18 Å². The summed E-state index contributed by atoms with van der Waals surface area (Å²) in [5, 5.41) is 0. The Kier molecular flexibility index (Phi) is 7.34. The van der Waals surface area contributed by atoms with E-state index >= 15 is 0 Å². The molecule has 0 saturated carbocycles. The summed E-state index contributed by atoms with van der Waals surface area (Å²) in [5.41, 5.74) is 0. The smallest absolute Gasteiger partial charge is 0.349 e.